The van der Waals surface area contributed by atoms with Gasteiger partial charge in [-0.3, -0.25) is 0 Å². The number of hydrogen-bond acceptors (Lipinski definition) is 7. The summed E-state index contributed by atoms with van der Waals surface area (Å²) in [6.07, 6.45) is 0.743. The largest absolute Gasteiger partial charge is 0.364 e. The number of nitrogens with one attached hydrogen (secondary N) is 2. The van der Waals surface area contributed by atoms with E-state index in [0.717, 1.165) is 23.7 Å². The van der Waals surface area contributed by atoms with E-state index in [1.165, 1.54) is 0 Å². The summed E-state index contributed by atoms with van der Waals surface area (Å²) in [5.41, 5.74) is 3.34. The molecule has 0 spiro atoms. The first kappa shape index (κ1) is 12.3. The van der Waals surface area contributed by atoms with Crippen molar-refractivity contribution >= 4 is 11.6 Å². The molecular weight excluding hydrogens is 232 g/mol. The zero-order valence-corrected chi connectivity index (χ0v) is 10.4. The van der Waals surface area contributed by atoms with Gasteiger partial charge < -0.3 is 15.3 Å². The molecule has 2 aromatic rings. The molecule has 0 fully saturated rings. The van der Waals surface area contributed by atoms with Crippen molar-refractivity contribution in [3.05, 3.63) is 29.4 Å². The van der Waals surface area contributed by atoms with Gasteiger partial charge in [-0.15, -0.1) is 0 Å². The Hall–Kier alpha value is -2.15. The first-order chi connectivity index (χ1) is 8.71. The van der Waals surface area contributed by atoms with Crippen molar-refractivity contribution in [1.29, 1.82) is 0 Å². The van der Waals surface area contributed by atoms with Crippen molar-refractivity contribution < 1.29 is 4.52 Å². The number of aryl methyl sites for hydroxylation is 2. The zero-order valence-electron chi connectivity index (χ0n) is 10.4. The summed E-state index contributed by atoms with van der Waals surface area (Å²) >= 11 is 0. The summed E-state index contributed by atoms with van der Waals surface area (Å²) in [7, 11) is 0. The average Bonchev–Trinajstić information content (AvgIpc) is 2.81. The van der Waals surface area contributed by atoms with Crippen LogP contribution in [0.1, 0.15) is 24.2 Å². The third-order valence-electron chi connectivity index (χ3n) is 2.36. The van der Waals surface area contributed by atoms with Crippen LogP contribution in [0.2, 0.25) is 0 Å². The number of nitrogens with two attached hydrogens (primary N) is 1. The minimum atomic E-state index is 0.543. The van der Waals surface area contributed by atoms with Gasteiger partial charge in [0.05, 0.1) is 6.54 Å². The van der Waals surface area contributed by atoms with E-state index >= 15 is 0 Å². The maximum absolute atomic E-state index is 5.36. The number of hydrazine groups is 1. The number of rotatable bonds is 5. The maximum atomic E-state index is 5.36. The molecule has 0 bridgehead atoms. The van der Waals surface area contributed by atoms with Gasteiger partial charge in [0.25, 0.3) is 0 Å². The topological polar surface area (TPSA) is 102 Å². The van der Waals surface area contributed by atoms with E-state index in [1.54, 1.807) is 6.07 Å². The van der Waals surface area contributed by atoms with Gasteiger partial charge in [-0.1, -0.05) is 12.1 Å². The van der Waals surface area contributed by atoms with E-state index in [4.69, 9.17) is 10.4 Å². The van der Waals surface area contributed by atoms with E-state index in [2.05, 4.69) is 25.9 Å². The van der Waals surface area contributed by atoms with Crippen molar-refractivity contribution in [2.45, 2.75) is 26.8 Å². The fourth-order valence-electron chi connectivity index (χ4n) is 1.50. The highest BCUT2D eigenvalue weighted by atomic mass is 16.5. The molecule has 0 amide bonds. The molecule has 2 rings (SSSR count). The fraction of sp³-hybridized carbons (Fsp3) is 0.364. The third-order valence-corrected chi connectivity index (χ3v) is 2.36. The van der Waals surface area contributed by atoms with Crippen LogP contribution >= 0.6 is 0 Å². The average molecular weight is 248 g/mol. The summed E-state index contributed by atoms with van der Waals surface area (Å²) in [5, 5.41) is 7.05. The standard InChI is InChI=1S/C11H16N6O/c1-3-9-14-10(5-11(15-9)16-12)13-6-8-4-7(2)18-17-8/h4-5H,3,6,12H2,1-2H3,(H2,13,14,15,16). The van der Waals surface area contributed by atoms with Crippen LogP contribution in [0.25, 0.3) is 0 Å². The molecule has 0 aliphatic rings. The van der Waals surface area contributed by atoms with Gasteiger partial charge in [0.15, 0.2) is 0 Å². The Labute approximate surface area is 105 Å². The smallest absolute Gasteiger partial charge is 0.145 e. The Kier molecular flexibility index (Phi) is 3.73. The number of aromatic nitrogens is 3. The molecule has 2 aromatic heterocycles. The second-order valence-electron chi connectivity index (χ2n) is 3.83. The molecule has 7 nitrogen and oxygen atoms in total. The van der Waals surface area contributed by atoms with Crippen molar-refractivity contribution in [2.75, 3.05) is 10.7 Å². The Morgan fingerprint density at radius 1 is 1.28 bits per heavy atom. The van der Waals surface area contributed by atoms with Gasteiger partial charge in [-0.2, -0.15) is 0 Å². The second kappa shape index (κ2) is 5.46. The predicted molar refractivity (Wildman–Crippen MR) is 67.8 cm³/mol. The third kappa shape index (κ3) is 2.95. The fourth-order valence-corrected chi connectivity index (χ4v) is 1.50. The van der Waals surface area contributed by atoms with E-state index in [1.807, 2.05) is 19.9 Å². The minimum Gasteiger partial charge on any atom is -0.364 e. The molecule has 0 aromatic carbocycles. The summed E-state index contributed by atoms with van der Waals surface area (Å²) in [6, 6.07) is 3.61. The lowest BCUT2D eigenvalue weighted by molar-refractivity contribution is 0.391. The summed E-state index contributed by atoms with van der Waals surface area (Å²) < 4.78 is 4.99. The minimum absolute atomic E-state index is 0.543. The first-order valence-electron chi connectivity index (χ1n) is 5.72. The van der Waals surface area contributed by atoms with Crippen molar-refractivity contribution in [3.8, 4) is 0 Å². The van der Waals surface area contributed by atoms with Crippen LogP contribution in [0.5, 0.6) is 0 Å². The molecule has 2 heterocycles. The molecule has 0 atom stereocenters. The van der Waals surface area contributed by atoms with Crippen molar-refractivity contribution in [2.24, 2.45) is 5.84 Å². The van der Waals surface area contributed by atoms with E-state index in [9.17, 15) is 0 Å². The summed E-state index contributed by atoms with van der Waals surface area (Å²) in [6.45, 7) is 4.38. The maximum Gasteiger partial charge on any atom is 0.145 e. The predicted octanol–water partition coefficient (Wildman–Crippen LogP) is 1.23. The second-order valence-corrected chi connectivity index (χ2v) is 3.83. The lowest BCUT2D eigenvalue weighted by Gasteiger charge is -2.07. The van der Waals surface area contributed by atoms with Gasteiger partial charge in [0, 0.05) is 18.6 Å². The highest BCUT2D eigenvalue weighted by Gasteiger charge is 2.04. The normalized spacial score (nSPS) is 10.4. The highest BCUT2D eigenvalue weighted by Crippen LogP contribution is 2.12. The van der Waals surface area contributed by atoms with Gasteiger partial charge in [-0.05, 0) is 6.92 Å². The van der Waals surface area contributed by atoms with E-state index < -0.39 is 0 Å². The molecule has 0 saturated heterocycles. The van der Waals surface area contributed by atoms with Crippen molar-refractivity contribution in [3.63, 3.8) is 0 Å². The molecule has 96 valence electrons. The lowest BCUT2D eigenvalue weighted by atomic mass is 10.3. The van der Waals surface area contributed by atoms with Crippen LogP contribution < -0.4 is 16.6 Å². The van der Waals surface area contributed by atoms with Gasteiger partial charge in [0.2, 0.25) is 0 Å². The lowest BCUT2D eigenvalue weighted by Crippen LogP contribution is -2.12. The molecule has 0 saturated carbocycles. The Bertz CT molecular complexity index is 502. The van der Waals surface area contributed by atoms with Crippen LogP contribution in [-0.2, 0) is 13.0 Å². The zero-order chi connectivity index (χ0) is 13.0. The molecule has 4 N–H and O–H groups in total. The van der Waals surface area contributed by atoms with Gasteiger partial charge >= 0.3 is 0 Å². The van der Waals surface area contributed by atoms with Crippen LogP contribution in [0, 0.1) is 6.92 Å². The van der Waals surface area contributed by atoms with Crippen LogP contribution in [-0.4, -0.2) is 15.1 Å². The Balaban J connectivity index is 2.08. The summed E-state index contributed by atoms with van der Waals surface area (Å²) in [5.74, 6) is 8.16. The van der Waals surface area contributed by atoms with Crippen LogP contribution in [0.4, 0.5) is 11.6 Å². The van der Waals surface area contributed by atoms with Gasteiger partial charge in [-0.25, -0.2) is 15.8 Å². The highest BCUT2D eigenvalue weighted by molar-refractivity contribution is 5.47. The number of anilines is 2. The Morgan fingerprint density at radius 2 is 2.06 bits per heavy atom. The molecule has 0 radical (unpaired) electrons. The molecular formula is C11H16N6O. The van der Waals surface area contributed by atoms with Crippen LogP contribution in [0.3, 0.4) is 0 Å². The number of nitrogens with zero attached hydrogens (tertiary/aromatic N) is 3. The Morgan fingerprint density at radius 3 is 2.67 bits per heavy atom. The van der Waals surface area contributed by atoms with Gasteiger partial charge in [0.1, 0.15) is 28.9 Å². The molecule has 18 heavy (non-hydrogen) atoms. The van der Waals surface area contributed by atoms with Crippen LogP contribution in [0.15, 0.2) is 16.7 Å². The first-order valence-corrected chi connectivity index (χ1v) is 5.72. The monoisotopic (exact) mass is 248 g/mol. The van der Waals surface area contributed by atoms with E-state index in [-0.39, 0.29) is 0 Å². The molecule has 0 unspecified atom stereocenters. The number of hydrogen-bond donors (Lipinski definition) is 3. The molecule has 0 aliphatic heterocycles. The molecule has 7 heteroatoms. The summed E-state index contributed by atoms with van der Waals surface area (Å²) in [4.78, 5) is 8.55. The quantitative estimate of drug-likeness (QED) is 0.540. The number of nitrogen functional groups attached to an aromatic ring is 1. The van der Waals surface area contributed by atoms with Crippen molar-refractivity contribution in [1.82, 2.24) is 15.1 Å². The van der Waals surface area contributed by atoms with E-state index in [0.29, 0.717) is 18.2 Å². The SMILES string of the molecule is CCc1nc(NN)cc(NCc2cc(C)on2)n1. The molecule has 0 aliphatic carbocycles.